The van der Waals surface area contributed by atoms with Crippen LogP contribution in [0, 0.1) is 0 Å². The lowest BCUT2D eigenvalue weighted by atomic mass is 10.1. The van der Waals surface area contributed by atoms with Crippen molar-refractivity contribution in [1.82, 2.24) is 15.5 Å². The Morgan fingerprint density at radius 1 is 1.28 bits per heavy atom. The highest BCUT2D eigenvalue weighted by Crippen LogP contribution is 2.33. The van der Waals surface area contributed by atoms with Gasteiger partial charge >= 0.3 is 6.09 Å². The topological polar surface area (TPSA) is 131 Å². The van der Waals surface area contributed by atoms with E-state index in [1.54, 1.807) is 11.0 Å². The molecule has 1 aliphatic rings. The molecule has 2 unspecified atom stereocenters. The van der Waals surface area contributed by atoms with E-state index >= 15 is 0 Å². The highest BCUT2D eigenvalue weighted by Gasteiger charge is 2.49. The number of hydrogen-bond donors (Lipinski definition) is 3. The Hall–Kier alpha value is -2.02. The van der Waals surface area contributed by atoms with Gasteiger partial charge in [0.25, 0.3) is 5.91 Å². The number of carbonyl (C=O) groups is 2. The molecule has 2 heterocycles. The van der Waals surface area contributed by atoms with Crippen molar-refractivity contribution in [2.24, 2.45) is 10.7 Å². The Morgan fingerprint density at radius 2 is 1.94 bits per heavy atom. The number of halogens is 1. The number of guanidine groups is 1. The average molecular weight is 565 g/mol. The predicted molar refractivity (Wildman–Crippen MR) is 132 cm³/mol. The van der Waals surface area contributed by atoms with Gasteiger partial charge in [0, 0.05) is 13.1 Å². The molecular formula is C21H36IN5O5. The number of ether oxygens (including phenoxy) is 2. The molecule has 4 N–H and O–H groups in total. The summed E-state index contributed by atoms with van der Waals surface area (Å²) in [6.45, 7) is 14.3. The highest BCUT2D eigenvalue weighted by molar-refractivity contribution is 14.0. The minimum absolute atomic E-state index is 0. The molecule has 32 heavy (non-hydrogen) atoms. The first-order chi connectivity index (χ1) is 14.3. The fraction of sp³-hybridized carbons (Fsp3) is 0.667. The Balaban J connectivity index is 0.00000512. The minimum Gasteiger partial charge on any atom is -0.454 e. The number of nitrogens with one attached hydrogen (secondary N) is 2. The Kier molecular flexibility index (Phi) is 9.82. The highest BCUT2D eigenvalue weighted by atomic mass is 127. The summed E-state index contributed by atoms with van der Waals surface area (Å²) >= 11 is 0. The fourth-order valence-electron chi connectivity index (χ4n) is 3.42. The number of nitrogens with zero attached hydrogens (tertiary/aromatic N) is 2. The molecular weight excluding hydrogens is 529 g/mol. The van der Waals surface area contributed by atoms with Gasteiger partial charge < -0.3 is 30.3 Å². The Labute approximate surface area is 206 Å². The molecule has 0 saturated carbocycles. The summed E-state index contributed by atoms with van der Waals surface area (Å²) in [4.78, 5) is 30.2. The normalized spacial score (nSPS) is 20.5. The van der Waals surface area contributed by atoms with Gasteiger partial charge in [-0.05, 0) is 60.6 Å². The van der Waals surface area contributed by atoms with Gasteiger partial charge in [-0.15, -0.1) is 24.0 Å². The van der Waals surface area contributed by atoms with E-state index in [1.807, 2.05) is 48.5 Å². The zero-order valence-electron chi connectivity index (χ0n) is 19.9. The van der Waals surface area contributed by atoms with Crippen LogP contribution in [-0.4, -0.2) is 59.4 Å². The maximum Gasteiger partial charge on any atom is 0.412 e. The summed E-state index contributed by atoms with van der Waals surface area (Å²) in [5.41, 5.74) is 3.80. The number of primary amides is 1. The molecule has 1 aliphatic heterocycles. The van der Waals surface area contributed by atoms with Gasteiger partial charge in [-0.3, -0.25) is 9.69 Å². The lowest BCUT2D eigenvalue weighted by Gasteiger charge is -2.35. The summed E-state index contributed by atoms with van der Waals surface area (Å²) in [5, 5.41) is 6.41. The van der Waals surface area contributed by atoms with Crippen molar-refractivity contribution in [1.29, 1.82) is 0 Å². The molecule has 0 radical (unpaired) electrons. The van der Waals surface area contributed by atoms with Crippen LogP contribution >= 0.6 is 24.0 Å². The fourth-order valence-corrected chi connectivity index (χ4v) is 3.42. The van der Waals surface area contributed by atoms with Gasteiger partial charge in [-0.1, -0.05) is 0 Å². The van der Waals surface area contributed by atoms with Gasteiger partial charge in [0.05, 0.1) is 12.1 Å². The maximum atomic E-state index is 12.9. The molecule has 10 nitrogen and oxygen atoms in total. The third kappa shape index (κ3) is 7.54. The quantitative estimate of drug-likeness (QED) is 0.275. The molecule has 0 bridgehead atoms. The van der Waals surface area contributed by atoms with Gasteiger partial charge in [0.2, 0.25) is 0 Å². The van der Waals surface area contributed by atoms with E-state index in [0.29, 0.717) is 24.8 Å². The molecule has 2 amide bonds. The molecule has 0 spiro atoms. The van der Waals surface area contributed by atoms with Gasteiger partial charge in [-0.25, -0.2) is 9.79 Å². The van der Waals surface area contributed by atoms with Crippen LogP contribution in [0.3, 0.4) is 0 Å². The van der Waals surface area contributed by atoms with Crippen LogP contribution in [0.1, 0.15) is 64.8 Å². The van der Waals surface area contributed by atoms with Crippen molar-refractivity contribution < 1.29 is 23.5 Å². The molecule has 11 heteroatoms. The standard InChI is InChI=1S/C21H35N5O5.HI/c1-8-23-18(24-11-14-9-10-16(29-14)17(22)27)25-12-15-13(2)30-21(6,7)26(15)19(28)31-20(3,4)5;/h9-10,13,15H,8,11-12H2,1-7H3,(H2,22,27)(H2,23,24,25);1H. The summed E-state index contributed by atoms with van der Waals surface area (Å²) in [6, 6.07) is 2.91. The number of amides is 2. The summed E-state index contributed by atoms with van der Waals surface area (Å²) in [7, 11) is 0. The summed E-state index contributed by atoms with van der Waals surface area (Å²) in [5.74, 6) is 0.524. The van der Waals surface area contributed by atoms with E-state index in [1.165, 1.54) is 6.07 Å². The van der Waals surface area contributed by atoms with Crippen LogP contribution in [0.4, 0.5) is 4.79 Å². The molecule has 1 fully saturated rings. The van der Waals surface area contributed by atoms with Crippen molar-refractivity contribution in [2.45, 2.75) is 78.5 Å². The molecule has 1 aromatic rings. The zero-order valence-corrected chi connectivity index (χ0v) is 22.2. The monoisotopic (exact) mass is 565 g/mol. The smallest absolute Gasteiger partial charge is 0.412 e. The summed E-state index contributed by atoms with van der Waals surface area (Å²) < 4.78 is 17.0. The first kappa shape index (κ1) is 28.0. The molecule has 2 atom stereocenters. The second-order valence-electron chi connectivity index (χ2n) is 8.89. The lowest BCUT2D eigenvalue weighted by Crippen LogP contribution is -2.54. The zero-order chi connectivity index (χ0) is 23.4. The van der Waals surface area contributed by atoms with Crippen LogP contribution in [0.15, 0.2) is 21.5 Å². The van der Waals surface area contributed by atoms with Crippen LogP contribution < -0.4 is 16.4 Å². The third-order valence-corrected chi connectivity index (χ3v) is 4.64. The van der Waals surface area contributed by atoms with Crippen molar-refractivity contribution in [3.63, 3.8) is 0 Å². The van der Waals surface area contributed by atoms with Crippen molar-refractivity contribution in [3.05, 3.63) is 23.7 Å². The molecule has 1 aromatic heterocycles. The van der Waals surface area contributed by atoms with E-state index in [0.717, 1.165) is 0 Å². The third-order valence-electron chi connectivity index (χ3n) is 4.64. The number of aliphatic imine (C=N–C) groups is 1. The number of hydrogen-bond acceptors (Lipinski definition) is 6. The predicted octanol–water partition coefficient (Wildman–Crippen LogP) is 2.81. The molecule has 182 valence electrons. The van der Waals surface area contributed by atoms with Crippen molar-refractivity contribution in [3.8, 4) is 0 Å². The second kappa shape index (κ2) is 11.2. The summed E-state index contributed by atoms with van der Waals surface area (Å²) in [6.07, 6.45) is -0.633. The Bertz CT molecular complexity index is 818. The van der Waals surface area contributed by atoms with Gasteiger partial charge in [-0.2, -0.15) is 0 Å². The van der Waals surface area contributed by atoms with E-state index < -0.39 is 23.3 Å². The van der Waals surface area contributed by atoms with E-state index in [9.17, 15) is 9.59 Å². The van der Waals surface area contributed by atoms with Crippen LogP contribution in [0.5, 0.6) is 0 Å². The van der Waals surface area contributed by atoms with Crippen molar-refractivity contribution in [2.75, 3.05) is 13.1 Å². The van der Waals surface area contributed by atoms with E-state index in [-0.39, 0.29) is 48.4 Å². The second-order valence-corrected chi connectivity index (χ2v) is 8.89. The van der Waals surface area contributed by atoms with Crippen molar-refractivity contribution >= 4 is 41.9 Å². The van der Waals surface area contributed by atoms with Gasteiger partial charge in [0.15, 0.2) is 11.7 Å². The maximum absolute atomic E-state index is 12.9. The van der Waals surface area contributed by atoms with Crippen LogP contribution in [0.2, 0.25) is 0 Å². The molecule has 0 aromatic carbocycles. The van der Waals surface area contributed by atoms with E-state index in [4.69, 9.17) is 19.6 Å². The average Bonchev–Trinajstić information content (AvgIpc) is 3.17. The van der Waals surface area contributed by atoms with Crippen LogP contribution in [-0.2, 0) is 16.0 Å². The largest absolute Gasteiger partial charge is 0.454 e. The number of furan rings is 1. The lowest BCUT2D eigenvalue weighted by molar-refractivity contribution is -0.0755. The number of carbonyl (C=O) groups excluding carboxylic acids is 2. The SMILES string of the molecule is CCNC(=NCc1ccc(C(N)=O)o1)NCC1C(C)OC(C)(C)N1C(=O)OC(C)(C)C.I. The number of rotatable bonds is 6. The molecule has 0 aliphatic carbocycles. The Morgan fingerprint density at radius 3 is 2.47 bits per heavy atom. The number of nitrogens with two attached hydrogens (primary N) is 1. The molecule has 1 saturated heterocycles. The minimum atomic E-state index is -0.803. The van der Waals surface area contributed by atoms with E-state index in [2.05, 4.69) is 15.6 Å². The first-order valence-corrected chi connectivity index (χ1v) is 10.4. The molecule has 2 rings (SSSR count). The van der Waals surface area contributed by atoms with Crippen LogP contribution in [0.25, 0.3) is 0 Å². The first-order valence-electron chi connectivity index (χ1n) is 10.4. The van der Waals surface area contributed by atoms with Gasteiger partial charge in [0.1, 0.15) is 23.6 Å².